The van der Waals surface area contributed by atoms with E-state index >= 15 is 0 Å². The molecule has 1 aromatic carbocycles. The minimum atomic E-state index is -1.16. The number of hydrogen-bond acceptors (Lipinski definition) is 7. The monoisotopic (exact) mass is 479 g/mol. The Bertz CT molecular complexity index is 1060. The number of aliphatic hydroxyl groups is 1. The number of benzene rings is 1. The normalized spacial score (nSPS) is 28.0. The number of nitrogens with zero attached hydrogens (tertiary/aromatic N) is 2. The number of β-lactam (4-membered cyclic amide) rings is 1. The molecule has 10 nitrogen and oxygen atoms in total. The minimum Gasteiger partial charge on any atom is -0.504 e. The third-order valence-electron chi connectivity index (χ3n) is 6.86. The van der Waals surface area contributed by atoms with Crippen LogP contribution in [-0.4, -0.2) is 85.8 Å². The molecule has 0 radical (unpaired) electrons. The highest BCUT2D eigenvalue weighted by molar-refractivity contribution is 6.35. The molecule has 33 heavy (non-hydrogen) atoms. The third-order valence-corrected chi connectivity index (χ3v) is 7.24. The molecule has 0 aromatic heterocycles. The number of phenols is 2. The summed E-state index contributed by atoms with van der Waals surface area (Å²) < 4.78 is 0. The minimum absolute atomic E-state index is 0.00626. The summed E-state index contributed by atoms with van der Waals surface area (Å²) in [4.78, 5) is 40.3. The number of halogens is 1. The molecule has 2 fully saturated rings. The summed E-state index contributed by atoms with van der Waals surface area (Å²) in [5.41, 5.74) is 0.675. The number of carboxylic acids is 1. The van der Waals surface area contributed by atoms with Crippen LogP contribution in [0.5, 0.6) is 11.5 Å². The van der Waals surface area contributed by atoms with Gasteiger partial charge in [0.2, 0.25) is 5.91 Å². The van der Waals surface area contributed by atoms with Crippen LogP contribution in [0.2, 0.25) is 5.02 Å². The van der Waals surface area contributed by atoms with E-state index < -0.39 is 35.4 Å². The Morgan fingerprint density at radius 3 is 2.64 bits per heavy atom. The Kier molecular flexibility index (Phi) is 6.02. The molecule has 1 aromatic rings. The van der Waals surface area contributed by atoms with Crippen molar-refractivity contribution in [3.8, 4) is 11.5 Å². The molecule has 0 saturated carbocycles. The summed E-state index contributed by atoms with van der Waals surface area (Å²) >= 11 is 5.97. The smallest absolute Gasteiger partial charge is 0.352 e. The molecule has 5 N–H and O–H groups in total. The van der Waals surface area contributed by atoms with Gasteiger partial charge >= 0.3 is 5.97 Å². The molecule has 0 bridgehead atoms. The lowest BCUT2D eigenvalue weighted by Crippen LogP contribution is -2.63. The van der Waals surface area contributed by atoms with Crippen molar-refractivity contribution in [2.75, 3.05) is 19.6 Å². The molecule has 0 unspecified atom stereocenters. The molecule has 3 aliphatic rings. The maximum absolute atomic E-state index is 12.6. The van der Waals surface area contributed by atoms with E-state index in [1.165, 1.54) is 17.0 Å². The number of carbonyl (C=O) groups excluding carboxylic acids is 2. The van der Waals surface area contributed by atoms with Gasteiger partial charge in [-0.2, -0.15) is 0 Å². The average Bonchev–Trinajstić information content (AvgIpc) is 3.27. The second kappa shape index (κ2) is 8.51. The molecule has 4 rings (SSSR count). The van der Waals surface area contributed by atoms with E-state index in [4.69, 9.17) is 11.6 Å². The number of carboxylic acid groups (broad SMARTS) is 1. The van der Waals surface area contributed by atoms with Gasteiger partial charge in [-0.25, -0.2) is 4.79 Å². The van der Waals surface area contributed by atoms with Crippen LogP contribution in [0, 0.1) is 11.8 Å². The van der Waals surface area contributed by atoms with Crippen molar-refractivity contribution in [3.63, 3.8) is 0 Å². The van der Waals surface area contributed by atoms with Crippen molar-refractivity contribution in [3.05, 3.63) is 34.0 Å². The molecule has 3 heterocycles. The number of phenolic OH excluding ortho intramolecular Hbond substituents is 2. The highest BCUT2D eigenvalue weighted by Gasteiger charge is 2.59. The predicted molar refractivity (Wildman–Crippen MR) is 117 cm³/mol. The van der Waals surface area contributed by atoms with Crippen LogP contribution in [0.3, 0.4) is 0 Å². The summed E-state index contributed by atoms with van der Waals surface area (Å²) in [6.45, 7) is 4.83. The van der Waals surface area contributed by atoms with Gasteiger partial charge in [-0.3, -0.25) is 14.5 Å². The van der Waals surface area contributed by atoms with Crippen LogP contribution in [-0.2, 0) is 9.59 Å². The zero-order valence-electron chi connectivity index (χ0n) is 18.2. The standard InChI is InChI=1S/C22H26ClN3O7/c1-9-13(18(22(32)33)26-17(9)15(10(2)27)21(26)31)8-25-6-5-11(7-25)24-20(30)12-3-4-14(28)19(29)16(12)23/h3-4,9-11,15,17,27-29H,5-8H2,1-2H3,(H,24,30)(H,32,33)/t9-,10+,11+,15+,17+/m0/s1. The summed E-state index contributed by atoms with van der Waals surface area (Å²) in [6.07, 6.45) is -0.229. The van der Waals surface area contributed by atoms with Gasteiger partial charge in [0.15, 0.2) is 11.5 Å². The molecular weight excluding hydrogens is 454 g/mol. The molecule has 2 amide bonds. The number of nitrogens with one attached hydrogen (secondary N) is 1. The summed E-state index contributed by atoms with van der Waals surface area (Å²) in [6, 6.07) is 1.92. The molecule has 0 aliphatic carbocycles. The number of fused-ring (bicyclic) bond motifs is 1. The number of carbonyl (C=O) groups is 3. The van der Waals surface area contributed by atoms with Gasteiger partial charge in [0.1, 0.15) is 5.70 Å². The maximum atomic E-state index is 12.6. The summed E-state index contributed by atoms with van der Waals surface area (Å²) in [5, 5.41) is 41.6. The fourth-order valence-corrected chi connectivity index (χ4v) is 5.43. The fourth-order valence-electron chi connectivity index (χ4n) is 5.18. The highest BCUT2D eigenvalue weighted by Crippen LogP contribution is 2.47. The van der Waals surface area contributed by atoms with Gasteiger partial charge in [0.05, 0.1) is 28.6 Å². The zero-order valence-corrected chi connectivity index (χ0v) is 18.9. The topological polar surface area (TPSA) is 151 Å². The first kappa shape index (κ1) is 23.3. The van der Waals surface area contributed by atoms with E-state index in [0.717, 1.165) is 0 Å². The number of likely N-dealkylation sites (tertiary alicyclic amines) is 1. The second-order valence-electron chi connectivity index (χ2n) is 8.92. The first-order valence-corrected chi connectivity index (χ1v) is 11.1. The predicted octanol–water partition coefficient (Wildman–Crippen LogP) is 0.752. The fraction of sp³-hybridized carbons (Fsp3) is 0.500. The number of amides is 2. The molecule has 11 heteroatoms. The number of aromatic hydroxyl groups is 2. The van der Waals surface area contributed by atoms with Crippen molar-refractivity contribution in [1.82, 2.24) is 15.1 Å². The lowest BCUT2D eigenvalue weighted by Gasteiger charge is -2.46. The van der Waals surface area contributed by atoms with Crippen molar-refractivity contribution in [2.45, 2.75) is 38.5 Å². The van der Waals surface area contributed by atoms with Crippen LogP contribution in [0.4, 0.5) is 0 Å². The van der Waals surface area contributed by atoms with E-state index in [1.54, 1.807) is 6.92 Å². The molecular formula is C22H26ClN3O7. The van der Waals surface area contributed by atoms with Crippen molar-refractivity contribution in [1.29, 1.82) is 0 Å². The van der Waals surface area contributed by atoms with Crippen molar-refractivity contribution in [2.24, 2.45) is 11.8 Å². The quantitative estimate of drug-likeness (QED) is 0.296. The van der Waals surface area contributed by atoms with Gasteiger partial charge in [-0.05, 0) is 31.1 Å². The first-order valence-electron chi connectivity index (χ1n) is 10.7. The van der Waals surface area contributed by atoms with Gasteiger partial charge < -0.3 is 30.6 Å². The Morgan fingerprint density at radius 1 is 1.30 bits per heavy atom. The highest BCUT2D eigenvalue weighted by atomic mass is 35.5. The Balaban J connectivity index is 1.44. The molecule has 0 spiro atoms. The second-order valence-corrected chi connectivity index (χ2v) is 9.30. The molecule has 178 valence electrons. The van der Waals surface area contributed by atoms with Crippen molar-refractivity contribution >= 4 is 29.4 Å². The van der Waals surface area contributed by atoms with Crippen LogP contribution in [0.25, 0.3) is 0 Å². The third kappa shape index (κ3) is 3.81. The Morgan fingerprint density at radius 2 is 2.00 bits per heavy atom. The number of hydrogen-bond donors (Lipinski definition) is 5. The average molecular weight is 480 g/mol. The van der Waals surface area contributed by atoms with Crippen LogP contribution in [0.1, 0.15) is 30.6 Å². The molecule has 5 atom stereocenters. The van der Waals surface area contributed by atoms with E-state index in [1.807, 2.05) is 11.8 Å². The van der Waals surface area contributed by atoms with E-state index in [9.17, 15) is 34.8 Å². The Hall–Kier alpha value is -2.82. The SMILES string of the molecule is C[C@@H](O)[C@H]1C(=O)N2C(C(=O)O)=C(CN3CC[C@@H](NC(=O)c4ccc(O)c(O)c4Cl)C3)[C@H](C)[C@H]12. The van der Waals surface area contributed by atoms with E-state index in [-0.39, 0.29) is 40.2 Å². The van der Waals surface area contributed by atoms with E-state index in [2.05, 4.69) is 5.32 Å². The molecule has 3 aliphatic heterocycles. The van der Waals surface area contributed by atoms with Gasteiger partial charge in [-0.1, -0.05) is 18.5 Å². The Labute approximate surface area is 195 Å². The summed E-state index contributed by atoms with van der Waals surface area (Å²) in [5.74, 6) is -3.81. The number of rotatable bonds is 6. The summed E-state index contributed by atoms with van der Waals surface area (Å²) in [7, 11) is 0. The lowest BCUT2D eigenvalue weighted by atomic mass is 9.77. The van der Waals surface area contributed by atoms with Crippen LogP contribution < -0.4 is 5.32 Å². The van der Waals surface area contributed by atoms with Gasteiger partial charge in [-0.15, -0.1) is 0 Å². The number of aliphatic carboxylic acids is 1. The molecule has 2 saturated heterocycles. The first-order chi connectivity index (χ1) is 15.5. The van der Waals surface area contributed by atoms with Gasteiger partial charge in [0, 0.05) is 31.6 Å². The van der Waals surface area contributed by atoms with Crippen LogP contribution >= 0.6 is 11.6 Å². The number of aliphatic hydroxyl groups excluding tert-OH is 1. The van der Waals surface area contributed by atoms with E-state index in [0.29, 0.717) is 31.6 Å². The van der Waals surface area contributed by atoms with Gasteiger partial charge in [0.25, 0.3) is 5.91 Å². The van der Waals surface area contributed by atoms with Crippen LogP contribution in [0.15, 0.2) is 23.4 Å². The van der Waals surface area contributed by atoms with Crippen molar-refractivity contribution < 1.29 is 34.8 Å². The maximum Gasteiger partial charge on any atom is 0.352 e. The largest absolute Gasteiger partial charge is 0.504 e. The lowest BCUT2D eigenvalue weighted by molar-refractivity contribution is -0.163. The zero-order chi connectivity index (χ0) is 24.2.